The maximum Gasteiger partial charge on any atom is 0.359 e. The predicted octanol–water partition coefficient (Wildman–Crippen LogP) is 1.12. The highest BCUT2D eigenvalue weighted by Gasteiger charge is 2.18. The standard InChI is InChI=1S/C10H11NO4S/c1-2-11(16(13,14)15)8-10(12)9-6-4-3-5-7-9/h2-7H,1,8H2,(H,13,14,15). The average molecular weight is 241 g/mol. The van der Waals surface area contributed by atoms with Crippen LogP contribution in [0.25, 0.3) is 0 Å². The number of nitrogens with zero attached hydrogens (tertiary/aromatic N) is 1. The Morgan fingerprint density at radius 2 is 1.94 bits per heavy atom. The van der Waals surface area contributed by atoms with Crippen molar-refractivity contribution in [2.24, 2.45) is 0 Å². The minimum Gasteiger partial charge on any atom is -0.292 e. The van der Waals surface area contributed by atoms with E-state index in [1.165, 1.54) is 0 Å². The van der Waals surface area contributed by atoms with Crippen molar-refractivity contribution >= 4 is 16.1 Å². The summed E-state index contributed by atoms with van der Waals surface area (Å²) in [6.07, 6.45) is 0.885. The van der Waals surface area contributed by atoms with Crippen LogP contribution >= 0.6 is 0 Å². The second-order valence-electron chi connectivity index (χ2n) is 2.99. The Balaban J connectivity index is 2.83. The van der Waals surface area contributed by atoms with Crippen molar-refractivity contribution in [3.05, 3.63) is 48.7 Å². The molecule has 6 heteroatoms. The summed E-state index contributed by atoms with van der Waals surface area (Å²) in [5, 5.41) is 0. The highest BCUT2D eigenvalue weighted by Crippen LogP contribution is 2.04. The fraction of sp³-hybridized carbons (Fsp3) is 0.100. The molecule has 1 aromatic carbocycles. The van der Waals surface area contributed by atoms with Crippen LogP contribution in [0.4, 0.5) is 0 Å². The molecule has 0 saturated heterocycles. The number of ketones is 1. The summed E-state index contributed by atoms with van der Waals surface area (Å²) < 4.78 is 30.8. The van der Waals surface area contributed by atoms with Gasteiger partial charge < -0.3 is 0 Å². The molecule has 86 valence electrons. The molecule has 0 aliphatic carbocycles. The first-order valence-corrected chi connectivity index (χ1v) is 5.80. The molecule has 0 saturated carbocycles. The zero-order chi connectivity index (χ0) is 12.2. The minimum atomic E-state index is -4.42. The zero-order valence-corrected chi connectivity index (χ0v) is 9.22. The molecule has 0 atom stereocenters. The average Bonchev–Trinajstić information content (AvgIpc) is 2.25. The summed E-state index contributed by atoms with van der Waals surface area (Å²) in [7, 11) is -4.42. The van der Waals surface area contributed by atoms with Gasteiger partial charge in [-0.2, -0.15) is 8.42 Å². The van der Waals surface area contributed by atoms with Crippen molar-refractivity contribution in [1.29, 1.82) is 0 Å². The monoisotopic (exact) mass is 241 g/mol. The van der Waals surface area contributed by atoms with Gasteiger partial charge in [0, 0.05) is 11.8 Å². The van der Waals surface area contributed by atoms with Gasteiger partial charge in [-0.05, 0) is 0 Å². The Morgan fingerprint density at radius 1 is 1.38 bits per heavy atom. The summed E-state index contributed by atoms with van der Waals surface area (Å²) in [6, 6.07) is 8.20. The molecular formula is C10H11NO4S. The summed E-state index contributed by atoms with van der Waals surface area (Å²) in [6.45, 7) is 2.74. The molecule has 0 aliphatic rings. The van der Waals surface area contributed by atoms with Gasteiger partial charge >= 0.3 is 10.3 Å². The van der Waals surface area contributed by atoms with Gasteiger partial charge in [0.15, 0.2) is 5.78 Å². The van der Waals surface area contributed by atoms with Crippen molar-refractivity contribution in [2.75, 3.05) is 6.54 Å². The van der Waals surface area contributed by atoms with Gasteiger partial charge in [-0.25, -0.2) is 4.31 Å². The molecule has 1 N–H and O–H groups in total. The zero-order valence-electron chi connectivity index (χ0n) is 8.41. The highest BCUT2D eigenvalue weighted by atomic mass is 32.2. The topological polar surface area (TPSA) is 74.7 Å². The fourth-order valence-electron chi connectivity index (χ4n) is 1.10. The van der Waals surface area contributed by atoms with E-state index < -0.39 is 22.6 Å². The lowest BCUT2D eigenvalue weighted by Crippen LogP contribution is -2.30. The summed E-state index contributed by atoms with van der Waals surface area (Å²) >= 11 is 0. The van der Waals surface area contributed by atoms with Crippen molar-refractivity contribution < 1.29 is 17.8 Å². The van der Waals surface area contributed by atoms with Crippen LogP contribution in [0.3, 0.4) is 0 Å². The van der Waals surface area contributed by atoms with Crippen LogP contribution in [-0.2, 0) is 10.3 Å². The number of carbonyl (C=O) groups is 1. The first-order valence-electron chi connectivity index (χ1n) is 4.40. The molecule has 1 rings (SSSR count). The van der Waals surface area contributed by atoms with Crippen LogP contribution in [0.1, 0.15) is 10.4 Å². The first-order chi connectivity index (χ1) is 7.45. The van der Waals surface area contributed by atoms with Crippen LogP contribution in [0.15, 0.2) is 43.1 Å². The molecule has 0 fully saturated rings. The molecule has 0 radical (unpaired) electrons. The molecule has 5 nitrogen and oxygen atoms in total. The fourth-order valence-corrected chi connectivity index (χ4v) is 1.57. The van der Waals surface area contributed by atoms with E-state index in [0.29, 0.717) is 9.87 Å². The lowest BCUT2D eigenvalue weighted by molar-refractivity contribution is 0.0974. The highest BCUT2D eigenvalue weighted by molar-refractivity contribution is 7.83. The molecule has 0 amide bonds. The van der Waals surface area contributed by atoms with Gasteiger partial charge in [0.1, 0.15) is 0 Å². The van der Waals surface area contributed by atoms with E-state index >= 15 is 0 Å². The van der Waals surface area contributed by atoms with Gasteiger partial charge in [-0.1, -0.05) is 36.9 Å². The number of hydrogen-bond acceptors (Lipinski definition) is 3. The van der Waals surface area contributed by atoms with E-state index in [-0.39, 0.29) is 0 Å². The lowest BCUT2D eigenvalue weighted by Gasteiger charge is -2.14. The van der Waals surface area contributed by atoms with Crippen molar-refractivity contribution in [3.63, 3.8) is 0 Å². The van der Waals surface area contributed by atoms with E-state index in [1.54, 1.807) is 30.3 Å². The van der Waals surface area contributed by atoms with Crippen molar-refractivity contribution in [1.82, 2.24) is 4.31 Å². The second-order valence-corrected chi connectivity index (χ2v) is 4.36. The van der Waals surface area contributed by atoms with Crippen molar-refractivity contribution in [3.8, 4) is 0 Å². The molecule has 0 bridgehead atoms. The largest absolute Gasteiger partial charge is 0.359 e. The number of carbonyl (C=O) groups excluding carboxylic acids is 1. The van der Waals surface area contributed by atoms with Crippen LogP contribution in [-0.4, -0.2) is 29.6 Å². The smallest absolute Gasteiger partial charge is 0.292 e. The van der Waals surface area contributed by atoms with Gasteiger partial charge in [0.2, 0.25) is 0 Å². The number of rotatable bonds is 5. The molecule has 1 aromatic rings. The number of benzene rings is 1. The summed E-state index contributed by atoms with van der Waals surface area (Å²) in [5.74, 6) is -0.418. The Hall–Kier alpha value is -1.66. The van der Waals surface area contributed by atoms with E-state index in [0.717, 1.165) is 6.20 Å². The Morgan fingerprint density at radius 3 is 2.38 bits per heavy atom. The molecular weight excluding hydrogens is 230 g/mol. The van der Waals surface area contributed by atoms with Crippen LogP contribution in [0, 0.1) is 0 Å². The van der Waals surface area contributed by atoms with Gasteiger partial charge in [0.25, 0.3) is 0 Å². The van der Waals surface area contributed by atoms with Gasteiger partial charge in [-0.15, -0.1) is 0 Å². The maximum absolute atomic E-state index is 11.6. The maximum atomic E-state index is 11.6. The van der Waals surface area contributed by atoms with Crippen molar-refractivity contribution in [2.45, 2.75) is 0 Å². The summed E-state index contributed by atoms with van der Waals surface area (Å²) in [5.41, 5.74) is 0.373. The molecule has 0 aromatic heterocycles. The third-order valence-electron chi connectivity index (χ3n) is 1.90. The van der Waals surface area contributed by atoms with E-state index in [4.69, 9.17) is 4.55 Å². The third-order valence-corrected chi connectivity index (χ3v) is 2.77. The summed E-state index contributed by atoms with van der Waals surface area (Å²) in [4.78, 5) is 11.6. The van der Waals surface area contributed by atoms with Gasteiger partial charge in [-0.3, -0.25) is 9.35 Å². The van der Waals surface area contributed by atoms with E-state index in [9.17, 15) is 13.2 Å². The first kappa shape index (κ1) is 12.4. The number of Topliss-reactive ketones (excluding diaryl/α,β-unsaturated/α-hetero) is 1. The quantitative estimate of drug-likeness (QED) is 0.619. The second kappa shape index (κ2) is 4.91. The lowest BCUT2D eigenvalue weighted by atomic mass is 10.1. The van der Waals surface area contributed by atoms with Crippen LogP contribution in [0.5, 0.6) is 0 Å². The Bertz CT molecular complexity index is 481. The minimum absolute atomic E-state index is 0.373. The molecule has 16 heavy (non-hydrogen) atoms. The van der Waals surface area contributed by atoms with E-state index in [1.807, 2.05) is 0 Å². The molecule has 0 spiro atoms. The van der Waals surface area contributed by atoms with E-state index in [2.05, 4.69) is 6.58 Å². The van der Waals surface area contributed by atoms with Gasteiger partial charge in [0.05, 0.1) is 6.54 Å². The molecule has 0 unspecified atom stereocenters. The molecule has 0 heterocycles. The Labute approximate surface area is 93.9 Å². The number of hydrogen-bond donors (Lipinski definition) is 1. The third kappa shape index (κ3) is 3.18. The molecule has 0 aliphatic heterocycles. The Kier molecular flexibility index (Phi) is 3.81. The van der Waals surface area contributed by atoms with Crippen LogP contribution in [0.2, 0.25) is 0 Å². The van der Waals surface area contributed by atoms with Crippen LogP contribution < -0.4 is 0 Å². The predicted molar refractivity (Wildman–Crippen MR) is 59.2 cm³/mol. The SMILES string of the molecule is C=CN(CC(=O)c1ccccc1)S(=O)(=O)O. The normalized spacial score (nSPS) is 10.8.